The quantitative estimate of drug-likeness (QED) is 0.218. The van der Waals surface area contributed by atoms with Crippen LogP contribution < -0.4 is 5.46 Å². The minimum atomic E-state index is -0.433. The van der Waals surface area contributed by atoms with E-state index in [9.17, 15) is 0 Å². The molecule has 0 bridgehead atoms. The van der Waals surface area contributed by atoms with Gasteiger partial charge >= 0.3 is 7.12 Å². The summed E-state index contributed by atoms with van der Waals surface area (Å²) in [7, 11) is -0.433. The van der Waals surface area contributed by atoms with E-state index in [4.69, 9.17) is 9.31 Å². The van der Waals surface area contributed by atoms with Crippen LogP contribution in [0.3, 0.4) is 0 Å². The largest absolute Gasteiger partial charge is 0.497 e. The molecule has 1 aromatic heterocycles. The molecule has 4 heteroatoms. The Balaban J connectivity index is 1.38. The van der Waals surface area contributed by atoms with Gasteiger partial charge in [0.15, 0.2) is 0 Å². The number of nitrogens with one attached hydrogen (secondary N) is 1. The van der Waals surface area contributed by atoms with Gasteiger partial charge in [-0.3, -0.25) is 0 Å². The molecule has 1 N–H and O–H groups in total. The normalized spacial score (nSPS) is 18.6. The van der Waals surface area contributed by atoms with Crippen molar-refractivity contribution >= 4 is 34.4 Å². The van der Waals surface area contributed by atoms with Gasteiger partial charge in [0.1, 0.15) is 0 Å². The van der Waals surface area contributed by atoms with E-state index in [2.05, 4.69) is 136 Å². The predicted octanol–water partition coefficient (Wildman–Crippen LogP) is 7.96. The molecule has 1 saturated heterocycles. The molecule has 0 unspecified atom stereocenters. The van der Waals surface area contributed by atoms with E-state index in [1.165, 1.54) is 55.3 Å². The Morgan fingerprint density at radius 1 is 0.561 bits per heavy atom. The number of hydrogen-bond acceptors (Lipinski definition) is 2. The van der Waals surface area contributed by atoms with Crippen LogP contribution in [0.5, 0.6) is 0 Å². The molecule has 3 nitrogen and oxygen atoms in total. The molecule has 41 heavy (non-hydrogen) atoms. The summed E-state index contributed by atoms with van der Waals surface area (Å²) < 4.78 is 13.0. The maximum atomic E-state index is 6.52. The van der Waals surface area contributed by atoms with Crippen LogP contribution in [0.4, 0.5) is 0 Å². The lowest BCUT2D eigenvalue weighted by Gasteiger charge is -2.32. The number of H-pyrrole nitrogens is 1. The number of aromatic amines is 1. The highest BCUT2D eigenvalue weighted by Gasteiger charge is 2.53. The molecule has 1 fully saturated rings. The van der Waals surface area contributed by atoms with Crippen LogP contribution in [0.15, 0.2) is 103 Å². The average molecular weight is 531 g/mol. The monoisotopic (exact) mass is 531 g/mol. The van der Waals surface area contributed by atoms with Gasteiger partial charge in [0.25, 0.3) is 0 Å². The van der Waals surface area contributed by atoms with Gasteiger partial charge < -0.3 is 14.3 Å². The number of benzene rings is 5. The third kappa shape index (κ3) is 2.73. The summed E-state index contributed by atoms with van der Waals surface area (Å²) in [6, 6.07) is 38.1. The zero-order valence-corrected chi connectivity index (χ0v) is 23.7. The van der Waals surface area contributed by atoms with Crippen LogP contribution in [0.2, 0.25) is 0 Å². The van der Waals surface area contributed by atoms with Crippen molar-refractivity contribution in [2.75, 3.05) is 0 Å². The Morgan fingerprint density at radius 2 is 1.12 bits per heavy atom. The fourth-order valence-electron chi connectivity index (χ4n) is 7.79. The molecule has 0 radical (unpaired) electrons. The van der Waals surface area contributed by atoms with Crippen molar-refractivity contribution in [2.45, 2.75) is 44.3 Å². The molecule has 0 amide bonds. The first kappa shape index (κ1) is 23.6. The molecule has 2 heterocycles. The van der Waals surface area contributed by atoms with Gasteiger partial charge in [-0.1, -0.05) is 97.1 Å². The zero-order chi connectivity index (χ0) is 27.7. The molecule has 1 aliphatic heterocycles. The molecule has 198 valence electrons. The van der Waals surface area contributed by atoms with E-state index in [1.54, 1.807) is 0 Å². The number of aromatic nitrogens is 1. The molecule has 6 aromatic rings. The maximum absolute atomic E-state index is 6.52. The topological polar surface area (TPSA) is 34.2 Å². The fraction of sp³-hybridized carbons (Fsp3) is 0.189. The molecule has 5 aromatic carbocycles. The smallest absolute Gasteiger partial charge is 0.399 e. The third-order valence-corrected chi connectivity index (χ3v) is 10.3. The molecule has 0 saturated carbocycles. The van der Waals surface area contributed by atoms with E-state index in [-0.39, 0.29) is 5.41 Å². The summed E-state index contributed by atoms with van der Waals surface area (Å²) in [6.45, 7) is 8.44. The summed E-state index contributed by atoms with van der Waals surface area (Å²) in [6.07, 6.45) is 0. The summed E-state index contributed by atoms with van der Waals surface area (Å²) in [5, 5.41) is 2.47. The average Bonchev–Trinajstić information content (AvgIpc) is 3.65. The first-order valence-corrected chi connectivity index (χ1v) is 14.6. The highest BCUT2D eigenvalue weighted by atomic mass is 16.7. The van der Waals surface area contributed by atoms with Gasteiger partial charge in [0.2, 0.25) is 0 Å². The minimum absolute atomic E-state index is 0.347. The standard InChI is InChI=1S/C37H30BNO2/c1-35(2)36(3,4)41-38(40-35)30-19-11-15-25-33-31(39-34(25)30)21-20-29-32(33)24-14-7-10-18-28(24)37(29)26-16-8-5-12-22(26)23-13-6-9-17-27(23)37/h5-21,39H,1-4H3. The van der Waals surface area contributed by atoms with Crippen molar-refractivity contribution in [3.05, 3.63) is 125 Å². The molecular formula is C37H30BNO2. The number of fused-ring (bicyclic) bond motifs is 14. The summed E-state index contributed by atoms with van der Waals surface area (Å²) in [5.74, 6) is 0. The van der Waals surface area contributed by atoms with Crippen LogP contribution in [0.1, 0.15) is 49.9 Å². The minimum Gasteiger partial charge on any atom is -0.399 e. The Morgan fingerprint density at radius 3 is 1.76 bits per heavy atom. The van der Waals surface area contributed by atoms with E-state index < -0.39 is 18.3 Å². The van der Waals surface area contributed by atoms with Gasteiger partial charge in [0.05, 0.1) is 16.6 Å². The van der Waals surface area contributed by atoms with E-state index in [1.807, 2.05) is 0 Å². The first-order chi connectivity index (χ1) is 19.8. The lowest BCUT2D eigenvalue weighted by Crippen LogP contribution is -2.41. The van der Waals surface area contributed by atoms with Gasteiger partial charge in [-0.2, -0.15) is 0 Å². The van der Waals surface area contributed by atoms with E-state index >= 15 is 0 Å². The van der Waals surface area contributed by atoms with Crippen molar-refractivity contribution < 1.29 is 9.31 Å². The molecule has 1 spiro atoms. The highest BCUT2D eigenvalue weighted by molar-refractivity contribution is 6.65. The molecule has 0 atom stereocenters. The lowest BCUT2D eigenvalue weighted by atomic mass is 9.70. The molecule has 3 aliphatic rings. The second kappa shape index (κ2) is 7.58. The second-order valence-electron chi connectivity index (χ2n) is 12.8. The summed E-state index contributed by atoms with van der Waals surface area (Å²) in [5.41, 5.74) is 12.8. The molecular weight excluding hydrogens is 501 g/mol. The fourth-order valence-corrected chi connectivity index (χ4v) is 7.79. The van der Waals surface area contributed by atoms with Crippen molar-refractivity contribution in [3.63, 3.8) is 0 Å². The maximum Gasteiger partial charge on any atom is 0.497 e. The van der Waals surface area contributed by atoms with Gasteiger partial charge in [-0.25, -0.2) is 0 Å². The third-order valence-electron chi connectivity index (χ3n) is 10.3. The number of rotatable bonds is 1. The predicted molar refractivity (Wildman–Crippen MR) is 168 cm³/mol. The SMILES string of the molecule is CC1(C)OB(c2cccc3c2[nH]c2ccc4c(c23)-c2ccccc2C42c3ccccc3-c3ccccc32)OC1(C)C. The van der Waals surface area contributed by atoms with Crippen LogP contribution in [0, 0.1) is 0 Å². The van der Waals surface area contributed by atoms with Crippen LogP contribution in [-0.4, -0.2) is 23.3 Å². The Bertz CT molecular complexity index is 2020. The van der Waals surface area contributed by atoms with Crippen LogP contribution in [0.25, 0.3) is 44.1 Å². The van der Waals surface area contributed by atoms with Crippen LogP contribution in [-0.2, 0) is 14.7 Å². The number of para-hydroxylation sites is 1. The Hall–Kier alpha value is -4.12. The zero-order valence-electron chi connectivity index (χ0n) is 23.7. The van der Waals surface area contributed by atoms with E-state index in [0.717, 1.165) is 16.5 Å². The van der Waals surface area contributed by atoms with Gasteiger partial charge in [-0.15, -0.1) is 0 Å². The summed E-state index contributed by atoms with van der Waals surface area (Å²) >= 11 is 0. The molecule has 9 rings (SSSR count). The van der Waals surface area contributed by atoms with Gasteiger partial charge in [-0.05, 0) is 78.3 Å². The summed E-state index contributed by atoms with van der Waals surface area (Å²) in [4.78, 5) is 3.80. The second-order valence-corrected chi connectivity index (χ2v) is 12.8. The Kier molecular flexibility index (Phi) is 4.36. The lowest BCUT2D eigenvalue weighted by molar-refractivity contribution is 0.00578. The molecule has 2 aliphatic carbocycles. The Labute approximate surface area is 240 Å². The first-order valence-electron chi connectivity index (χ1n) is 14.6. The van der Waals surface area contributed by atoms with Crippen molar-refractivity contribution in [1.82, 2.24) is 4.98 Å². The van der Waals surface area contributed by atoms with E-state index in [0.29, 0.717) is 0 Å². The highest BCUT2D eigenvalue weighted by Crippen LogP contribution is 2.63. The van der Waals surface area contributed by atoms with Crippen LogP contribution >= 0.6 is 0 Å². The van der Waals surface area contributed by atoms with Gasteiger partial charge in [0, 0.05) is 27.3 Å². The van der Waals surface area contributed by atoms with Crippen molar-refractivity contribution in [1.29, 1.82) is 0 Å². The van der Waals surface area contributed by atoms with Crippen molar-refractivity contribution in [3.8, 4) is 22.3 Å². The number of hydrogen-bond donors (Lipinski definition) is 1. The van der Waals surface area contributed by atoms with Crippen molar-refractivity contribution in [2.24, 2.45) is 0 Å².